The van der Waals surface area contributed by atoms with Crippen molar-refractivity contribution in [3.05, 3.63) is 0 Å². The summed E-state index contributed by atoms with van der Waals surface area (Å²) in [5.41, 5.74) is -0.511. The number of esters is 1. The van der Waals surface area contributed by atoms with Gasteiger partial charge in [-0.1, -0.05) is 0 Å². The van der Waals surface area contributed by atoms with Gasteiger partial charge in [-0.2, -0.15) is 0 Å². The van der Waals surface area contributed by atoms with E-state index in [1.807, 2.05) is 0 Å². The van der Waals surface area contributed by atoms with E-state index in [9.17, 15) is 4.79 Å². The van der Waals surface area contributed by atoms with Gasteiger partial charge in [-0.25, -0.2) is 0 Å². The summed E-state index contributed by atoms with van der Waals surface area (Å²) in [7, 11) is 5.33. The van der Waals surface area contributed by atoms with Gasteiger partial charge in [-0.3, -0.25) is 10.1 Å². The summed E-state index contributed by atoms with van der Waals surface area (Å²) < 4.78 is 10.1. The predicted octanol–water partition coefficient (Wildman–Crippen LogP) is 1.42. The number of nitrogens with one attached hydrogen (secondary N) is 1. The zero-order valence-corrected chi connectivity index (χ0v) is 13.6. The van der Waals surface area contributed by atoms with E-state index in [0.717, 1.165) is 38.8 Å². The van der Waals surface area contributed by atoms with Gasteiger partial charge in [-0.15, -0.1) is 0 Å². The molecule has 2 unspecified atom stereocenters. The van der Waals surface area contributed by atoms with Crippen LogP contribution in [0.25, 0.3) is 0 Å². The van der Waals surface area contributed by atoms with E-state index >= 15 is 0 Å². The number of hydrogen-bond acceptors (Lipinski definition) is 5. The van der Waals surface area contributed by atoms with Crippen LogP contribution in [-0.2, 0) is 14.3 Å². The molecule has 0 aromatic rings. The van der Waals surface area contributed by atoms with Gasteiger partial charge in [0, 0.05) is 32.3 Å². The Labute approximate surface area is 123 Å². The Bertz CT molecular complexity index is 309. The van der Waals surface area contributed by atoms with Crippen molar-refractivity contribution >= 4 is 5.97 Å². The van der Waals surface area contributed by atoms with Crippen molar-refractivity contribution < 1.29 is 14.3 Å². The highest BCUT2D eigenvalue weighted by Crippen LogP contribution is 2.34. The zero-order chi connectivity index (χ0) is 15.2. The lowest BCUT2D eigenvalue weighted by Gasteiger charge is -2.31. The zero-order valence-electron chi connectivity index (χ0n) is 13.6. The molecule has 0 aliphatic heterocycles. The van der Waals surface area contributed by atoms with E-state index in [2.05, 4.69) is 31.1 Å². The number of rotatable bonds is 8. The number of carbonyl (C=O) groups excluding carboxylic acids is 1. The molecule has 1 rings (SSSR count). The molecule has 20 heavy (non-hydrogen) atoms. The Balaban J connectivity index is 2.62. The fourth-order valence-electron chi connectivity index (χ4n) is 3.16. The van der Waals surface area contributed by atoms with Crippen molar-refractivity contribution in [2.45, 2.75) is 57.2 Å². The molecule has 0 amide bonds. The molecule has 0 aromatic carbocycles. The van der Waals surface area contributed by atoms with E-state index in [0.29, 0.717) is 6.04 Å². The second kappa shape index (κ2) is 7.96. The third-order valence-corrected chi connectivity index (χ3v) is 4.11. The van der Waals surface area contributed by atoms with Crippen LogP contribution in [0.1, 0.15) is 39.5 Å². The minimum Gasteiger partial charge on any atom is -0.468 e. The van der Waals surface area contributed by atoms with Crippen LogP contribution < -0.4 is 5.32 Å². The monoisotopic (exact) mass is 286 g/mol. The summed E-state index contributed by atoms with van der Waals surface area (Å²) in [5.74, 6) is -0.126. The van der Waals surface area contributed by atoms with Crippen molar-refractivity contribution in [3.8, 4) is 0 Å². The van der Waals surface area contributed by atoms with Gasteiger partial charge in [-0.05, 0) is 46.6 Å². The lowest BCUT2D eigenvalue weighted by atomic mass is 9.96. The molecule has 1 fully saturated rings. The normalized spacial score (nSPS) is 26.4. The topological polar surface area (TPSA) is 50.8 Å². The van der Waals surface area contributed by atoms with Gasteiger partial charge in [0.05, 0.1) is 7.11 Å². The van der Waals surface area contributed by atoms with Crippen LogP contribution in [0.4, 0.5) is 0 Å². The number of carbonyl (C=O) groups is 1. The molecule has 118 valence electrons. The van der Waals surface area contributed by atoms with Crippen molar-refractivity contribution in [1.82, 2.24) is 10.2 Å². The average Bonchev–Trinajstić information content (AvgIpc) is 2.82. The smallest absolute Gasteiger partial charge is 0.326 e. The first-order valence-corrected chi connectivity index (χ1v) is 7.50. The predicted molar refractivity (Wildman–Crippen MR) is 79.8 cm³/mol. The molecule has 0 radical (unpaired) electrons. The largest absolute Gasteiger partial charge is 0.468 e. The molecule has 1 aliphatic rings. The standard InChI is InChI=1S/C15H30N2O3/c1-12(2)16-15(14(18)20-5)8-7-13(11-15)17(3)9-6-10-19-4/h12-13,16H,6-11H2,1-5H3. The molecule has 1 aliphatic carbocycles. The van der Waals surface area contributed by atoms with E-state index in [1.54, 1.807) is 7.11 Å². The van der Waals surface area contributed by atoms with Gasteiger partial charge >= 0.3 is 5.97 Å². The number of ether oxygens (including phenoxy) is 2. The Kier molecular flexibility index (Phi) is 6.92. The highest BCUT2D eigenvalue weighted by atomic mass is 16.5. The summed E-state index contributed by atoms with van der Waals surface area (Å²) in [4.78, 5) is 14.5. The summed E-state index contributed by atoms with van der Waals surface area (Å²) in [5, 5.41) is 3.43. The maximum atomic E-state index is 12.2. The Hall–Kier alpha value is -0.650. The first-order valence-electron chi connectivity index (χ1n) is 7.50. The van der Waals surface area contributed by atoms with Crippen LogP contribution >= 0.6 is 0 Å². The van der Waals surface area contributed by atoms with E-state index in [-0.39, 0.29) is 12.0 Å². The molecule has 1 saturated carbocycles. The fraction of sp³-hybridized carbons (Fsp3) is 0.933. The van der Waals surface area contributed by atoms with Gasteiger partial charge in [0.15, 0.2) is 0 Å². The van der Waals surface area contributed by atoms with Crippen LogP contribution in [0.2, 0.25) is 0 Å². The lowest BCUT2D eigenvalue weighted by Crippen LogP contribution is -2.54. The first-order chi connectivity index (χ1) is 9.45. The minimum absolute atomic E-state index is 0.126. The SMILES string of the molecule is COCCCN(C)C1CCC(NC(C)C)(C(=O)OC)C1. The van der Waals surface area contributed by atoms with Gasteiger partial charge in [0.25, 0.3) is 0 Å². The van der Waals surface area contributed by atoms with Gasteiger partial charge in [0.2, 0.25) is 0 Å². The van der Waals surface area contributed by atoms with Crippen LogP contribution in [0.5, 0.6) is 0 Å². The minimum atomic E-state index is -0.511. The highest BCUT2D eigenvalue weighted by molar-refractivity contribution is 5.81. The van der Waals surface area contributed by atoms with Crippen molar-refractivity contribution in [2.75, 3.05) is 34.4 Å². The molecule has 5 nitrogen and oxygen atoms in total. The third-order valence-electron chi connectivity index (χ3n) is 4.11. The summed E-state index contributed by atoms with van der Waals surface area (Å²) in [6, 6.07) is 0.698. The van der Waals surface area contributed by atoms with Gasteiger partial charge < -0.3 is 14.4 Å². The number of hydrogen-bond donors (Lipinski definition) is 1. The second-order valence-corrected chi connectivity index (χ2v) is 6.10. The summed E-state index contributed by atoms with van der Waals surface area (Å²) in [6.07, 6.45) is 3.71. The second-order valence-electron chi connectivity index (χ2n) is 6.10. The van der Waals surface area contributed by atoms with E-state index in [1.165, 1.54) is 7.11 Å². The van der Waals surface area contributed by atoms with Crippen molar-refractivity contribution in [3.63, 3.8) is 0 Å². The van der Waals surface area contributed by atoms with E-state index in [4.69, 9.17) is 9.47 Å². The highest BCUT2D eigenvalue weighted by Gasteiger charge is 2.47. The molecule has 2 atom stereocenters. The molecular formula is C15H30N2O3. The quantitative estimate of drug-likeness (QED) is 0.540. The number of nitrogens with zero attached hydrogens (tertiary/aromatic N) is 1. The maximum absolute atomic E-state index is 12.2. The van der Waals surface area contributed by atoms with Crippen LogP contribution in [0.3, 0.4) is 0 Å². The van der Waals surface area contributed by atoms with Crippen molar-refractivity contribution in [2.24, 2.45) is 0 Å². The van der Waals surface area contributed by atoms with Gasteiger partial charge in [0.1, 0.15) is 5.54 Å². The molecule has 0 heterocycles. The molecule has 0 spiro atoms. The molecule has 0 saturated heterocycles. The van der Waals surface area contributed by atoms with Crippen molar-refractivity contribution in [1.29, 1.82) is 0 Å². The Morgan fingerprint density at radius 2 is 2.15 bits per heavy atom. The average molecular weight is 286 g/mol. The Morgan fingerprint density at radius 3 is 2.70 bits per heavy atom. The molecular weight excluding hydrogens is 256 g/mol. The summed E-state index contributed by atoms with van der Waals surface area (Å²) in [6.45, 7) is 5.92. The van der Waals surface area contributed by atoms with Crippen LogP contribution in [0.15, 0.2) is 0 Å². The fourth-order valence-corrected chi connectivity index (χ4v) is 3.16. The molecule has 0 bridgehead atoms. The first kappa shape index (κ1) is 17.4. The molecule has 0 aromatic heterocycles. The molecule has 5 heteroatoms. The lowest BCUT2D eigenvalue weighted by molar-refractivity contribution is -0.149. The van der Waals surface area contributed by atoms with Crippen LogP contribution in [-0.4, -0.2) is 62.9 Å². The molecule has 1 N–H and O–H groups in total. The number of methoxy groups -OCH3 is 2. The maximum Gasteiger partial charge on any atom is 0.326 e. The van der Waals surface area contributed by atoms with E-state index < -0.39 is 5.54 Å². The summed E-state index contributed by atoms with van der Waals surface area (Å²) >= 11 is 0. The third kappa shape index (κ3) is 4.43. The van der Waals surface area contributed by atoms with Crippen LogP contribution in [0, 0.1) is 0 Å². The Morgan fingerprint density at radius 1 is 1.45 bits per heavy atom.